The van der Waals surface area contributed by atoms with Gasteiger partial charge in [0.05, 0.1) is 0 Å². The minimum atomic E-state index is 0.191. The first-order chi connectivity index (χ1) is 9.74. The van der Waals surface area contributed by atoms with Gasteiger partial charge in [0.25, 0.3) is 0 Å². The van der Waals surface area contributed by atoms with Crippen LogP contribution in [0.1, 0.15) is 50.0 Å². The van der Waals surface area contributed by atoms with E-state index in [4.69, 9.17) is 5.73 Å². The van der Waals surface area contributed by atoms with Gasteiger partial charge in [-0.3, -0.25) is 4.79 Å². The molecule has 3 heteroatoms. The molecular formula is C17H24N2O. The summed E-state index contributed by atoms with van der Waals surface area (Å²) in [5.74, 6) is 1.09. The lowest BCUT2D eigenvalue weighted by molar-refractivity contribution is -0.122. The Labute approximate surface area is 120 Å². The Hall–Kier alpha value is -1.35. The highest BCUT2D eigenvalue weighted by Gasteiger charge is 2.39. The summed E-state index contributed by atoms with van der Waals surface area (Å²) in [6.07, 6.45) is 6.32. The molecule has 2 aliphatic rings. The molecule has 1 aromatic rings. The lowest BCUT2D eigenvalue weighted by atomic mass is 9.83. The van der Waals surface area contributed by atoms with Gasteiger partial charge in [-0.05, 0) is 30.7 Å². The quantitative estimate of drug-likeness (QED) is 0.885. The molecule has 3 nitrogen and oxygen atoms in total. The van der Waals surface area contributed by atoms with Crippen LogP contribution in [-0.4, -0.2) is 18.0 Å². The Morgan fingerprint density at radius 3 is 2.70 bits per heavy atom. The topological polar surface area (TPSA) is 55.1 Å². The Morgan fingerprint density at radius 2 is 1.95 bits per heavy atom. The van der Waals surface area contributed by atoms with Gasteiger partial charge < -0.3 is 11.1 Å². The van der Waals surface area contributed by atoms with Crippen molar-refractivity contribution in [1.29, 1.82) is 0 Å². The van der Waals surface area contributed by atoms with Gasteiger partial charge in [-0.1, -0.05) is 43.2 Å². The fourth-order valence-corrected chi connectivity index (χ4v) is 3.42. The minimum absolute atomic E-state index is 0.191. The highest BCUT2D eigenvalue weighted by Crippen LogP contribution is 2.40. The van der Waals surface area contributed by atoms with Crippen molar-refractivity contribution < 1.29 is 4.79 Å². The van der Waals surface area contributed by atoms with Crippen molar-refractivity contribution in [2.24, 2.45) is 11.7 Å². The maximum atomic E-state index is 12.1. The molecule has 0 bridgehead atoms. The third-order valence-corrected chi connectivity index (χ3v) is 4.78. The molecule has 108 valence electrons. The second-order valence-electron chi connectivity index (χ2n) is 6.34. The first kappa shape index (κ1) is 13.6. The molecule has 4 atom stereocenters. The summed E-state index contributed by atoms with van der Waals surface area (Å²) in [4.78, 5) is 12.1. The van der Waals surface area contributed by atoms with E-state index in [0.29, 0.717) is 24.3 Å². The van der Waals surface area contributed by atoms with E-state index >= 15 is 0 Å². The van der Waals surface area contributed by atoms with Crippen LogP contribution in [0.2, 0.25) is 0 Å². The van der Waals surface area contributed by atoms with Gasteiger partial charge in [0, 0.05) is 24.4 Å². The molecule has 1 aromatic carbocycles. The van der Waals surface area contributed by atoms with Crippen molar-refractivity contribution in [3.05, 3.63) is 35.9 Å². The highest BCUT2D eigenvalue weighted by molar-refractivity contribution is 5.77. The molecule has 2 fully saturated rings. The average molecular weight is 272 g/mol. The Bertz CT molecular complexity index is 459. The van der Waals surface area contributed by atoms with E-state index in [-0.39, 0.29) is 11.9 Å². The summed E-state index contributed by atoms with van der Waals surface area (Å²) in [6, 6.07) is 11.0. The summed E-state index contributed by atoms with van der Waals surface area (Å²) >= 11 is 0. The van der Waals surface area contributed by atoms with Crippen molar-refractivity contribution in [2.45, 2.75) is 56.5 Å². The SMILES string of the molecule is NC1CCCCC1CC(=O)NC1CC1c1ccccc1. The van der Waals surface area contributed by atoms with Crippen molar-refractivity contribution in [2.75, 3.05) is 0 Å². The number of benzene rings is 1. The lowest BCUT2D eigenvalue weighted by Gasteiger charge is -2.28. The van der Waals surface area contributed by atoms with E-state index in [1.807, 2.05) is 6.07 Å². The number of hydrogen-bond acceptors (Lipinski definition) is 2. The molecule has 2 aliphatic carbocycles. The summed E-state index contributed by atoms with van der Waals surface area (Å²) < 4.78 is 0. The lowest BCUT2D eigenvalue weighted by Crippen LogP contribution is -2.37. The number of rotatable bonds is 4. The molecular weight excluding hydrogens is 248 g/mol. The van der Waals surface area contributed by atoms with E-state index in [2.05, 4.69) is 29.6 Å². The van der Waals surface area contributed by atoms with Crippen LogP contribution in [-0.2, 0) is 4.79 Å². The van der Waals surface area contributed by atoms with Gasteiger partial charge in [-0.15, -0.1) is 0 Å². The molecule has 0 heterocycles. The van der Waals surface area contributed by atoms with Crippen LogP contribution in [0.25, 0.3) is 0 Å². The molecule has 4 unspecified atom stereocenters. The number of carbonyl (C=O) groups is 1. The number of hydrogen-bond donors (Lipinski definition) is 2. The first-order valence-corrected chi connectivity index (χ1v) is 7.84. The molecule has 0 saturated heterocycles. The van der Waals surface area contributed by atoms with E-state index in [0.717, 1.165) is 19.3 Å². The van der Waals surface area contributed by atoms with Crippen LogP contribution >= 0.6 is 0 Å². The zero-order chi connectivity index (χ0) is 13.9. The molecule has 0 radical (unpaired) electrons. The van der Waals surface area contributed by atoms with Gasteiger partial charge in [0.2, 0.25) is 5.91 Å². The summed E-state index contributed by atoms with van der Waals surface area (Å²) in [6.45, 7) is 0. The molecule has 2 saturated carbocycles. The van der Waals surface area contributed by atoms with Crippen molar-refractivity contribution in [3.63, 3.8) is 0 Å². The minimum Gasteiger partial charge on any atom is -0.353 e. The average Bonchev–Trinajstić information content (AvgIpc) is 3.21. The standard InChI is InChI=1S/C17H24N2O/c18-15-9-5-4-8-13(15)10-17(20)19-16-11-14(16)12-6-2-1-3-7-12/h1-3,6-7,13-16H,4-5,8-11,18H2,(H,19,20). The van der Waals surface area contributed by atoms with Crippen LogP contribution in [0.5, 0.6) is 0 Å². The third-order valence-electron chi connectivity index (χ3n) is 4.78. The Balaban J connectivity index is 1.46. The fourth-order valence-electron chi connectivity index (χ4n) is 3.42. The first-order valence-electron chi connectivity index (χ1n) is 7.84. The van der Waals surface area contributed by atoms with E-state index < -0.39 is 0 Å². The Kier molecular flexibility index (Phi) is 4.06. The van der Waals surface area contributed by atoms with Crippen molar-refractivity contribution >= 4 is 5.91 Å². The smallest absolute Gasteiger partial charge is 0.220 e. The number of amides is 1. The second kappa shape index (κ2) is 5.96. The predicted octanol–water partition coefficient (Wildman–Crippen LogP) is 2.57. The monoisotopic (exact) mass is 272 g/mol. The van der Waals surface area contributed by atoms with Crippen LogP contribution in [0, 0.1) is 5.92 Å². The van der Waals surface area contributed by atoms with Gasteiger partial charge >= 0.3 is 0 Å². The normalized spacial score (nSPS) is 32.6. The molecule has 3 rings (SSSR count). The summed E-state index contributed by atoms with van der Waals surface area (Å²) in [5, 5.41) is 3.18. The van der Waals surface area contributed by atoms with Crippen LogP contribution in [0.4, 0.5) is 0 Å². The molecule has 0 aliphatic heterocycles. The fraction of sp³-hybridized carbons (Fsp3) is 0.588. The highest BCUT2D eigenvalue weighted by atomic mass is 16.1. The van der Waals surface area contributed by atoms with Gasteiger partial charge in [0.15, 0.2) is 0 Å². The van der Waals surface area contributed by atoms with E-state index in [1.54, 1.807) is 0 Å². The Morgan fingerprint density at radius 1 is 1.20 bits per heavy atom. The number of carbonyl (C=O) groups excluding carboxylic acids is 1. The molecule has 0 spiro atoms. The van der Waals surface area contributed by atoms with Gasteiger partial charge in [-0.2, -0.15) is 0 Å². The van der Waals surface area contributed by atoms with Crippen LogP contribution in [0.15, 0.2) is 30.3 Å². The van der Waals surface area contributed by atoms with Crippen LogP contribution < -0.4 is 11.1 Å². The summed E-state index contributed by atoms with van der Waals surface area (Å²) in [5.41, 5.74) is 7.45. The third kappa shape index (κ3) is 3.21. The zero-order valence-corrected chi connectivity index (χ0v) is 11.9. The molecule has 1 amide bonds. The maximum absolute atomic E-state index is 12.1. The van der Waals surface area contributed by atoms with Crippen molar-refractivity contribution in [3.8, 4) is 0 Å². The largest absolute Gasteiger partial charge is 0.353 e. The zero-order valence-electron chi connectivity index (χ0n) is 11.9. The maximum Gasteiger partial charge on any atom is 0.220 e. The van der Waals surface area contributed by atoms with Gasteiger partial charge in [-0.25, -0.2) is 0 Å². The van der Waals surface area contributed by atoms with E-state index in [1.165, 1.54) is 18.4 Å². The summed E-state index contributed by atoms with van der Waals surface area (Å²) in [7, 11) is 0. The van der Waals surface area contributed by atoms with Crippen molar-refractivity contribution in [1.82, 2.24) is 5.32 Å². The number of nitrogens with one attached hydrogen (secondary N) is 1. The molecule has 0 aromatic heterocycles. The van der Waals surface area contributed by atoms with E-state index in [9.17, 15) is 4.79 Å². The second-order valence-corrected chi connectivity index (χ2v) is 6.34. The number of nitrogens with two attached hydrogens (primary N) is 1. The van der Waals surface area contributed by atoms with Crippen LogP contribution in [0.3, 0.4) is 0 Å². The molecule has 20 heavy (non-hydrogen) atoms. The van der Waals surface area contributed by atoms with Gasteiger partial charge in [0.1, 0.15) is 0 Å². The molecule has 3 N–H and O–H groups in total. The predicted molar refractivity (Wildman–Crippen MR) is 80.3 cm³/mol.